The summed E-state index contributed by atoms with van der Waals surface area (Å²) in [5, 5.41) is -0.325. The molecule has 0 bridgehead atoms. The van der Waals surface area contributed by atoms with Crippen LogP contribution in [0, 0.1) is 0 Å². The van der Waals surface area contributed by atoms with Crippen LogP contribution in [0.25, 0.3) is 0 Å². The fourth-order valence-electron chi connectivity index (χ4n) is 0.604. The molecule has 0 aromatic rings. The molecule has 0 N–H and O–H groups in total. The normalized spacial score (nSPS) is 11.9. The summed E-state index contributed by atoms with van der Waals surface area (Å²) in [7, 11) is -2.93. The summed E-state index contributed by atoms with van der Waals surface area (Å²) >= 11 is 0. The highest BCUT2D eigenvalue weighted by Crippen LogP contribution is 2.03. The molecule has 66 valence electrons. The molecule has 0 radical (unpaired) electrons. The van der Waals surface area contributed by atoms with Crippen molar-refractivity contribution >= 4 is 16.1 Å². The van der Waals surface area contributed by atoms with Gasteiger partial charge in [-0.3, -0.25) is 0 Å². The molecular weight excluding hydrogens is 164 g/mol. The summed E-state index contributed by atoms with van der Waals surface area (Å²) in [6.07, 6.45) is 1.53. The maximum absolute atomic E-state index is 11.1. The lowest BCUT2D eigenvalue weighted by molar-refractivity contribution is -0.107. The first-order chi connectivity index (χ1) is 5.00. The van der Waals surface area contributed by atoms with Gasteiger partial charge in [0, 0.05) is 6.42 Å². The second kappa shape index (κ2) is 4.49. The third-order valence-electron chi connectivity index (χ3n) is 1.47. The summed E-state index contributed by atoms with van der Waals surface area (Å²) in [4.78, 5) is 9.87. The van der Waals surface area contributed by atoms with Crippen LogP contribution in [0.1, 0.15) is 26.7 Å². The Kier molecular flexibility index (Phi) is 4.33. The van der Waals surface area contributed by atoms with Gasteiger partial charge in [-0.2, -0.15) is 0 Å². The largest absolute Gasteiger partial charge is 0.303 e. The molecule has 0 saturated carbocycles. The minimum atomic E-state index is -2.93. The first kappa shape index (κ1) is 10.6. The van der Waals surface area contributed by atoms with Crippen molar-refractivity contribution in [2.45, 2.75) is 31.9 Å². The highest BCUT2D eigenvalue weighted by Gasteiger charge is 2.14. The maximum atomic E-state index is 11.1. The Bertz CT molecular complexity index is 204. The van der Waals surface area contributed by atoms with Crippen molar-refractivity contribution in [3.05, 3.63) is 0 Å². The molecule has 11 heavy (non-hydrogen) atoms. The Balaban J connectivity index is 3.84. The quantitative estimate of drug-likeness (QED) is 0.462. The number of rotatable bonds is 5. The number of hydrogen-bond acceptors (Lipinski definition) is 3. The van der Waals surface area contributed by atoms with E-state index >= 15 is 0 Å². The first-order valence-corrected chi connectivity index (χ1v) is 5.37. The van der Waals surface area contributed by atoms with E-state index in [0.717, 1.165) is 6.29 Å². The van der Waals surface area contributed by atoms with Crippen LogP contribution in [-0.2, 0) is 14.6 Å². The fourth-order valence-corrected chi connectivity index (χ4v) is 1.64. The summed E-state index contributed by atoms with van der Waals surface area (Å²) in [6.45, 7) is 3.30. The second-order valence-corrected chi connectivity index (χ2v) is 5.40. The molecule has 4 heteroatoms. The molecule has 0 aromatic carbocycles. The third-order valence-corrected chi connectivity index (χ3v) is 3.76. The van der Waals surface area contributed by atoms with Crippen LogP contribution in [0.2, 0.25) is 0 Å². The summed E-state index contributed by atoms with van der Waals surface area (Å²) in [5.41, 5.74) is 0. The Morgan fingerprint density at radius 3 is 2.27 bits per heavy atom. The third kappa shape index (κ3) is 4.14. The van der Waals surface area contributed by atoms with E-state index in [1.54, 1.807) is 13.8 Å². The van der Waals surface area contributed by atoms with Crippen molar-refractivity contribution in [2.24, 2.45) is 0 Å². The molecule has 0 amide bonds. The average molecular weight is 178 g/mol. The standard InChI is InChI=1S/C7H14O3S/c1-7(2)11(9,10)6-4-3-5-8/h5,7H,3-4,6H2,1-2H3. The van der Waals surface area contributed by atoms with Gasteiger partial charge in [0.1, 0.15) is 6.29 Å². The van der Waals surface area contributed by atoms with E-state index in [2.05, 4.69) is 0 Å². The molecule has 0 saturated heterocycles. The van der Waals surface area contributed by atoms with E-state index in [0.29, 0.717) is 12.8 Å². The van der Waals surface area contributed by atoms with E-state index in [9.17, 15) is 13.2 Å². The predicted molar refractivity (Wildman–Crippen MR) is 44.2 cm³/mol. The van der Waals surface area contributed by atoms with Gasteiger partial charge in [-0.05, 0) is 20.3 Å². The second-order valence-electron chi connectivity index (χ2n) is 2.72. The molecule has 0 fully saturated rings. The monoisotopic (exact) mass is 178 g/mol. The Morgan fingerprint density at radius 2 is 1.91 bits per heavy atom. The smallest absolute Gasteiger partial charge is 0.152 e. The van der Waals surface area contributed by atoms with Crippen molar-refractivity contribution in [1.82, 2.24) is 0 Å². The topological polar surface area (TPSA) is 51.2 Å². The van der Waals surface area contributed by atoms with Crippen LogP contribution in [0.3, 0.4) is 0 Å². The molecule has 0 unspecified atom stereocenters. The Hall–Kier alpha value is -0.380. The molecule has 0 spiro atoms. The molecule has 0 atom stereocenters. The summed E-state index contributed by atoms with van der Waals surface area (Å²) < 4.78 is 22.2. The molecule has 0 aliphatic carbocycles. The van der Waals surface area contributed by atoms with Gasteiger partial charge < -0.3 is 4.79 Å². The minimum absolute atomic E-state index is 0.128. The van der Waals surface area contributed by atoms with Gasteiger partial charge in [0.25, 0.3) is 0 Å². The molecule has 3 nitrogen and oxygen atoms in total. The predicted octanol–water partition coefficient (Wildman–Crippen LogP) is 0.789. The maximum Gasteiger partial charge on any atom is 0.152 e. The van der Waals surface area contributed by atoms with Gasteiger partial charge in [0.05, 0.1) is 11.0 Å². The van der Waals surface area contributed by atoms with Crippen LogP contribution in [-0.4, -0.2) is 25.7 Å². The summed E-state index contributed by atoms with van der Waals surface area (Å²) in [5.74, 6) is 0.128. The number of unbranched alkanes of at least 4 members (excludes halogenated alkanes) is 1. The van der Waals surface area contributed by atoms with Crippen LogP contribution >= 0.6 is 0 Å². The minimum Gasteiger partial charge on any atom is -0.303 e. The highest BCUT2D eigenvalue weighted by molar-refractivity contribution is 7.91. The van der Waals surface area contributed by atoms with Gasteiger partial charge in [-0.25, -0.2) is 8.42 Å². The highest BCUT2D eigenvalue weighted by atomic mass is 32.2. The average Bonchev–Trinajstić information content (AvgIpc) is 1.88. The zero-order valence-electron chi connectivity index (χ0n) is 6.91. The van der Waals surface area contributed by atoms with Gasteiger partial charge in [0.2, 0.25) is 0 Å². The van der Waals surface area contributed by atoms with E-state index in [1.807, 2.05) is 0 Å². The van der Waals surface area contributed by atoms with Crippen molar-refractivity contribution in [1.29, 1.82) is 0 Å². The fraction of sp³-hybridized carbons (Fsp3) is 0.857. The molecule has 0 rings (SSSR count). The lowest BCUT2D eigenvalue weighted by Crippen LogP contribution is -2.17. The number of carbonyl (C=O) groups excluding carboxylic acids is 1. The van der Waals surface area contributed by atoms with Crippen molar-refractivity contribution in [3.63, 3.8) is 0 Å². The van der Waals surface area contributed by atoms with Crippen molar-refractivity contribution in [2.75, 3.05) is 5.75 Å². The van der Waals surface area contributed by atoms with Gasteiger partial charge in [-0.15, -0.1) is 0 Å². The number of sulfone groups is 1. The van der Waals surface area contributed by atoms with Crippen molar-refractivity contribution in [3.8, 4) is 0 Å². The van der Waals surface area contributed by atoms with E-state index in [4.69, 9.17) is 0 Å². The SMILES string of the molecule is CC(C)S(=O)(=O)CCCC=O. The van der Waals surface area contributed by atoms with Gasteiger partial charge in [-0.1, -0.05) is 0 Å². The lowest BCUT2D eigenvalue weighted by Gasteiger charge is -2.04. The zero-order chi connectivity index (χ0) is 8.91. The molecule has 0 aliphatic rings. The van der Waals surface area contributed by atoms with Crippen LogP contribution < -0.4 is 0 Å². The number of carbonyl (C=O) groups is 1. The van der Waals surface area contributed by atoms with Crippen LogP contribution in [0.5, 0.6) is 0 Å². The Morgan fingerprint density at radius 1 is 1.36 bits per heavy atom. The number of aldehydes is 1. The van der Waals surface area contributed by atoms with Crippen LogP contribution in [0.4, 0.5) is 0 Å². The van der Waals surface area contributed by atoms with Gasteiger partial charge >= 0.3 is 0 Å². The van der Waals surface area contributed by atoms with E-state index < -0.39 is 9.84 Å². The molecular formula is C7H14O3S. The van der Waals surface area contributed by atoms with Gasteiger partial charge in [0.15, 0.2) is 9.84 Å². The summed E-state index contributed by atoms with van der Waals surface area (Å²) in [6, 6.07) is 0. The molecule has 0 heterocycles. The first-order valence-electron chi connectivity index (χ1n) is 3.66. The molecule has 0 aliphatic heterocycles. The number of hydrogen-bond donors (Lipinski definition) is 0. The lowest BCUT2D eigenvalue weighted by atomic mass is 10.4. The molecule has 0 aromatic heterocycles. The van der Waals surface area contributed by atoms with E-state index in [1.165, 1.54) is 0 Å². The van der Waals surface area contributed by atoms with Crippen LogP contribution in [0.15, 0.2) is 0 Å². The van der Waals surface area contributed by atoms with Crippen molar-refractivity contribution < 1.29 is 13.2 Å². The van der Waals surface area contributed by atoms with E-state index in [-0.39, 0.29) is 11.0 Å². The Labute approximate surface area is 67.7 Å². The zero-order valence-corrected chi connectivity index (χ0v) is 7.73.